The van der Waals surface area contributed by atoms with E-state index in [2.05, 4.69) is 15.9 Å². The Balaban J connectivity index is 2.39. The fourth-order valence-electron chi connectivity index (χ4n) is 2.17. The molecule has 0 aliphatic rings. The maximum Gasteiger partial charge on any atom is 0.397 e. The molecule has 0 saturated heterocycles. The van der Waals surface area contributed by atoms with E-state index in [-0.39, 0.29) is 5.56 Å². The van der Waals surface area contributed by atoms with Crippen molar-refractivity contribution in [3.63, 3.8) is 0 Å². The van der Waals surface area contributed by atoms with E-state index in [4.69, 9.17) is 4.74 Å². The van der Waals surface area contributed by atoms with Crippen LogP contribution in [0.5, 0.6) is 5.75 Å². The first-order chi connectivity index (χ1) is 10.3. The molecule has 118 valence electrons. The molecule has 1 nitrogen and oxygen atoms in total. The minimum atomic E-state index is -4.45. The summed E-state index contributed by atoms with van der Waals surface area (Å²) in [5.41, 5.74) is 0.471. The van der Waals surface area contributed by atoms with Crippen LogP contribution in [-0.2, 0) is 0 Å². The molecule has 0 radical (unpaired) electrons. The van der Waals surface area contributed by atoms with E-state index in [1.807, 2.05) is 0 Å². The molecule has 0 aliphatic carbocycles. The maximum atomic E-state index is 13.5. The number of benzene rings is 2. The molecule has 0 saturated carbocycles. The number of ether oxygens (including phenoxy) is 1. The van der Waals surface area contributed by atoms with Crippen molar-refractivity contribution in [2.24, 2.45) is 0 Å². The van der Waals surface area contributed by atoms with Crippen molar-refractivity contribution < 1.29 is 22.3 Å². The molecule has 0 spiro atoms. The number of halogens is 5. The normalized spacial score (nSPS) is 14.5. The van der Waals surface area contributed by atoms with Gasteiger partial charge >= 0.3 is 6.18 Å². The molecule has 0 aliphatic heterocycles. The van der Waals surface area contributed by atoms with Crippen LogP contribution in [0.15, 0.2) is 48.5 Å². The summed E-state index contributed by atoms with van der Waals surface area (Å²) in [6.45, 7) is 0. The number of hydrogen-bond acceptors (Lipinski definition) is 1. The van der Waals surface area contributed by atoms with Crippen molar-refractivity contribution >= 4 is 15.9 Å². The summed E-state index contributed by atoms with van der Waals surface area (Å²) in [5, 5.41) is 0. The minimum absolute atomic E-state index is 0.111. The van der Waals surface area contributed by atoms with Crippen LogP contribution >= 0.6 is 15.9 Å². The van der Waals surface area contributed by atoms with Gasteiger partial charge in [-0.15, -0.1) is 0 Å². The summed E-state index contributed by atoms with van der Waals surface area (Å²) < 4.78 is 58.3. The van der Waals surface area contributed by atoms with Gasteiger partial charge in [0.15, 0.2) is 0 Å². The quantitative estimate of drug-likeness (QED) is 0.497. The van der Waals surface area contributed by atoms with E-state index in [0.29, 0.717) is 11.3 Å². The van der Waals surface area contributed by atoms with Gasteiger partial charge in [0.2, 0.25) is 0 Å². The lowest BCUT2D eigenvalue weighted by atomic mass is 9.91. The molecular formula is C16H13BrF4O. The first-order valence-electron chi connectivity index (χ1n) is 6.43. The monoisotopic (exact) mass is 376 g/mol. The molecule has 2 atom stereocenters. The molecular weight excluding hydrogens is 364 g/mol. The predicted molar refractivity (Wildman–Crippen MR) is 79.9 cm³/mol. The molecule has 2 aromatic carbocycles. The Hall–Kier alpha value is -1.56. The Morgan fingerprint density at radius 3 is 1.86 bits per heavy atom. The van der Waals surface area contributed by atoms with E-state index in [1.165, 1.54) is 43.5 Å². The van der Waals surface area contributed by atoms with Crippen molar-refractivity contribution in [1.29, 1.82) is 0 Å². The van der Waals surface area contributed by atoms with Crippen molar-refractivity contribution in [3.8, 4) is 5.75 Å². The molecule has 2 rings (SSSR count). The maximum absolute atomic E-state index is 13.5. The molecule has 0 amide bonds. The molecule has 22 heavy (non-hydrogen) atoms. The summed E-state index contributed by atoms with van der Waals surface area (Å²) in [4.78, 5) is -1.01. The van der Waals surface area contributed by atoms with Crippen LogP contribution < -0.4 is 4.74 Å². The first kappa shape index (κ1) is 16.8. The number of rotatable bonds is 4. The van der Waals surface area contributed by atoms with Gasteiger partial charge in [0.1, 0.15) is 11.6 Å². The summed E-state index contributed by atoms with van der Waals surface area (Å²) >= 11 is 3.11. The highest BCUT2D eigenvalue weighted by molar-refractivity contribution is 9.09. The molecule has 2 aromatic rings. The van der Waals surface area contributed by atoms with Crippen LogP contribution in [0.1, 0.15) is 21.9 Å². The molecule has 0 bridgehead atoms. The Kier molecular flexibility index (Phi) is 5.11. The van der Waals surface area contributed by atoms with Gasteiger partial charge in [-0.2, -0.15) is 13.2 Å². The molecule has 0 aromatic heterocycles. The van der Waals surface area contributed by atoms with Gasteiger partial charge in [0.05, 0.1) is 17.9 Å². The van der Waals surface area contributed by atoms with Crippen molar-refractivity contribution in [2.45, 2.75) is 16.9 Å². The highest BCUT2D eigenvalue weighted by atomic mass is 79.9. The highest BCUT2D eigenvalue weighted by Crippen LogP contribution is 2.48. The zero-order chi connectivity index (χ0) is 16.3. The van der Waals surface area contributed by atoms with Crippen LogP contribution in [0.2, 0.25) is 0 Å². The van der Waals surface area contributed by atoms with Crippen molar-refractivity contribution in [3.05, 3.63) is 65.5 Å². The lowest BCUT2D eigenvalue weighted by Gasteiger charge is -2.26. The smallest absolute Gasteiger partial charge is 0.397 e. The Labute approximate surface area is 134 Å². The second kappa shape index (κ2) is 6.69. The third-order valence-electron chi connectivity index (χ3n) is 3.31. The average Bonchev–Trinajstić information content (AvgIpc) is 2.47. The summed E-state index contributed by atoms with van der Waals surface area (Å²) in [6.07, 6.45) is -4.45. The van der Waals surface area contributed by atoms with Crippen LogP contribution in [0.3, 0.4) is 0 Å². The van der Waals surface area contributed by atoms with E-state index >= 15 is 0 Å². The third kappa shape index (κ3) is 3.80. The fraction of sp³-hybridized carbons (Fsp3) is 0.250. The SMILES string of the molecule is COc1ccc(C(C(Br)c2ccc(F)cc2)C(F)(F)F)cc1. The van der Waals surface area contributed by atoms with Gasteiger partial charge in [-0.1, -0.05) is 40.2 Å². The summed E-state index contributed by atoms with van der Waals surface area (Å²) in [6, 6.07) is 10.7. The predicted octanol–water partition coefficient (Wildman–Crippen LogP) is 5.62. The number of hydrogen-bond donors (Lipinski definition) is 0. The lowest BCUT2D eigenvalue weighted by molar-refractivity contribution is -0.150. The van der Waals surface area contributed by atoms with Gasteiger partial charge in [-0.25, -0.2) is 4.39 Å². The standard InChI is InChI=1S/C16H13BrF4O/c1-22-13-8-4-10(5-9-13)14(16(19,20)21)15(17)11-2-6-12(18)7-3-11/h2-9,14-15H,1H3. The van der Waals surface area contributed by atoms with Gasteiger partial charge < -0.3 is 4.74 Å². The minimum Gasteiger partial charge on any atom is -0.497 e. The largest absolute Gasteiger partial charge is 0.497 e. The average molecular weight is 377 g/mol. The van der Waals surface area contributed by atoms with E-state index < -0.39 is 22.7 Å². The van der Waals surface area contributed by atoms with Crippen LogP contribution in [-0.4, -0.2) is 13.3 Å². The Morgan fingerprint density at radius 2 is 1.41 bits per heavy atom. The topological polar surface area (TPSA) is 9.23 Å². The zero-order valence-electron chi connectivity index (χ0n) is 11.6. The Bertz CT molecular complexity index is 608. The van der Waals surface area contributed by atoms with Gasteiger partial charge in [-0.05, 0) is 35.4 Å². The summed E-state index contributed by atoms with van der Waals surface area (Å²) in [7, 11) is 1.45. The molecule has 6 heteroatoms. The fourth-order valence-corrected chi connectivity index (χ4v) is 3.08. The van der Waals surface area contributed by atoms with Crippen LogP contribution in [0, 0.1) is 5.82 Å². The molecule has 0 heterocycles. The number of methoxy groups -OCH3 is 1. The lowest BCUT2D eigenvalue weighted by Crippen LogP contribution is -2.24. The molecule has 0 N–H and O–H groups in total. The van der Waals surface area contributed by atoms with E-state index in [0.717, 1.165) is 12.1 Å². The third-order valence-corrected chi connectivity index (χ3v) is 4.37. The molecule has 2 unspecified atom stereocenters. The molecule has 0 fully saturated rings. The Morgan fingerprint density at radius 1 is 0.909 bits per heavy atom. The number of alkyl halides is 4. The van der Waals surface area contributed by atoms with Gasteiger partial charge in [0.25, 0.3) is 0 Å². The van der Waals surface area contributed by atoms with Crippen LogP contribution in [0.4, 0.5) is 17.6 Å². The van der Waals surface area contributed by atoms with E-state index in [9.17, 15) is 17.6 Å². The second-order valence-electron chi connectivity index (χ2n) is 4.75. The van der Waals surface area contributed by atoms with Crippen molar-refractivity contribution in [2.75, 3.05) is 7.11 Å². The van der Waals surface area contributed by atoms with E-state index in [1.54, 1.807) is 0 Å². The zero-order valence-corrected chi connectivity index (χ0v) is 13.2. The van der Waals surface area contributed by atoms with Gasteiger partial charge in [-0.3, -0.25) is 0 Å². The van der Waals surface area contributed by atoms with Crippen LogP contribution in [0.25, 0.3) is 0 Å². The van der Waals surface area contributed by atoms with Crippen molar-refractivity contribution in [1.82, 2.24) is 0 Å². The highest BCUT2D eigenvalue weighted by Gasteiger charge is 2.45. The first-order valence-corrected chi connectivity index (χ1v) is 7.34. The summed E-state index contributed by atoms with van der Waals surface area (Å²) in [5.74, 6) is -1.75. The van der Waals surface area contributed by atoms with Gasteiger partial charge in [0, 0.05) is 0 Å². The second-order valence-corrected chi connectivity index (χ2v) is 5.73.